The Balaban J connectivity index is 2.25. The molecule has 0 saturated carbocycles. The Labute approximate surface area is 128 Å². The van der Waals surface area contributed by atoms with Crippen LogP contribution in [0.25, 0.3) is 0 Å². The number of hydrogen-bond acceptors (Lipinski definition) is 5. The molecule has 1 fully saturated rings. The highest BCUT2D eigenvalue weighted by Gasteiger charge is 2.31. The highest BCUT2D eigenvalue weighted by atomic mass is 32.2. The van der Waals surface area contributed by atoms with Crippen molar-refractivity contribution >= 4 is 29.1 Å². The number of ether oxygens (including phenoxy) is 1. The van der Waals surface area contributed by atoms with E-state index in [1.807, 2.05) is 0 Å². The molecule has 0 aromatic heterocycles. The average Bonchev–Trinajstić information content (AvgIpc) is 2.85. The van der Waals surface area contributed by atoms with E-state index in [-0.39, 0.29) is 23.0 Å². The lowest BCUT2D eigenvalue weighted by atomic mass is 10.1. The van der Waals surface area contributed by atoms with Crippen LogP contribution in [0.1, 0.15) is 18.1 Å². The fraction of sp³-hybridized carbons (Fsp3) is 0.308. The lowest BCUT2D eigenvalue weighted by molar-refractivity contribution is -0.137. The molecule has 1 aliphatic heterocycles. The number of thioether (sulfide) groups is 1. The summed E-state index contributed by atoms with van der Waals surface area (Å²) < 4.78 is 43.5. The molecule has 0 unspecified atom stereocenters. The number of alkyl halides is 3. The van der Waals surface area contributed by atoms with E-state index >= 15 is 0 Å². The van der Waals surface area contributed by atoms with Crippen molar-refractivity contribution in [1.82, 2.24) is 5.32 Å². The second-order valence-corrected chi connectivity index (χ2v) is 5.13. The van der Waals surface area contributed by atoms with Gasteiger partial charge in [-0.1, -0.05) is 11.8 Å². The molecule has 118 valence electrons. The zero-order valence-electron chi connectivity index (χ0n) is 11.5. The summed E-state index contributed by atoms with van der Waals surface area (Å²) in [6, 6.07) is 3.13. The van der Waals surface area contributed by atoms with Crippen LogP contribution in [0.3, 0.4) is 0 Å². The van der Waals surface area contributed by atoms with Gasteiger partial charge in [-0.2, -0.15) is 18.3 Å². The number of nitrogens with zero attached hydrogens (tertiary/aromatic N) is 2. The van der Waals surface area contributed by atoms with Crippen LogP contribution in [0, 0.1) is 0 Å². The zero-order valence-corrected chi connectivity index (χ0v) is 12.3. The van der Waals surface area contributed by atoms with Crippen LogP contribution >= 0.6 is 11.8 Å². The van der Waals surface area contributed by atoms with Gasteiger partial charge in [0.2, 0.25) is 5.91 Å². The van der Waals surface area contributed by atoms with Crippen LogP contribution in [0.2, 0.25) is 0 Å². The van der Waals surface area contributed by atoms with Gasteiger partial charge in [0.1, 0.15) is 5.75 Å². The van der Waals surface area contributed by atoms with E-state index in [0.717, 1.165) is 18.3 Å². The number of rotatable bonds is 4. The van der Waals surface area contributed by atoms with E-state index in [1.54, 1.807) is 6.92 Å². The molecule has 9 heteroatoms. The first-order valence-electron chi connectivity index (χ1n) is 6.28. The van der Waals surface area contributed by atoms with Gasteiger partial charge in [0.25, 0.3) is 0 Å². The molecule has 0 bridgehead atoms. The van der Waals surface area contributed by atoms with Crippen LogP contribution in [-0.4, -0.2) is 29.6 Å². The lowest BCUT2D eigenvalue weighted by Gasteiger charge is -2.11. The van der Waals surface area contributed by atoms with Crippen molar-refractivity contribution in [3.63, 3.8) is 0 Å². The number of halogens is 3. The molecule has 1 N–H and O–H groups in total. The molecule has 0 atom stereocenters. The molecular weight excluding hydrogens is 319 g/mol. The van der Waals surface area contributed by atoms with Crippen molar-refractivity contribution in [1.29, 1.82) is 0 Å². The Morgan fingerprint density at radius 3 is 2.82 bits per heavy atom. The molecule has 1 aliphatic rings. The standard InChI is InChI=1S/C13H12F3N3O2S/c1-2-21-10-4-3-9(13(14,15)16)5-8(10)6-17-19-12-18-11(20)7-22-12/h3-6H,2,7H2,1H3,(H,18,19,20). The number of nitrogens with one attached hydrogen (secondary N) is 1. The Kier molecular flexibility index (Phi) is 5.07. The predicted octanol–water partition coefficient (Wildman–Crippen LogP) is 2.66. The summed E-state index contributed by atoms with van der Waals surface area (Å²) in [6.07, 6.45) is -3.28. The van der Waals surface area contributed by atoms with Gasteiger partial charge in [0, 0.05) is 5.56 Å². The number of carbonyl (C=O) groups excluding carboxylic acids is 1. The van der Waals surface area contributed by atoms with E-state index in [2.05, 4.69) is 15.5 Å². The van der Waals surface area contributed by atoms with E-state index < -0.39 is 11.7 Å². The normalized spacial score (nSPS) is 17.3. The summed E-state index contributed by atoms with van der Waals surface area (Å²) in [5.74, 6) is 0.345. The van der Waals surface area contributed by atoms with Gasteiger partial charge < -0.3 is 10.1 Å². The molecule has 2 rings (SSSR count). The van der Waals surface area contributed by atoms with E-state index in [9.17, 15) is 18.0 Å². The van der Waals surface area contributed by atoms with Gasteiger partial charge in [0.15, 0.2) is 5.17 Å². The maximum Gasteiger partial charge on any atom is 0.416 e. The van der Waals surface area contributed by atoms with Crippen LogP contribution in [0.5, 0.6) is 5.75 Å². The highest BCUT2D eigenvalue weighted by Crippen LogP contribution is 2.32. The van der Waals surface area contributed by atoms with Crippen LogP contribution in [0.4, 0.5) is 13.2 Å². The monoisotopic (exact) mass is 331 g/mol. The third kappa shape index (κ3) is 4.23. The van der Waals surface area contributed by atoms with Crippen LogP contribution in [-0.2, 0) is 11.0 Å². The van der Waals surface area contributed by atoms with Gasteiger partial charge in [-0.05, 0) is 25.1 Å². The minimum absolute atomic E-state index is 0.162. The molecule has 0 radical (unpaired) electrons. The third-order valence-electron chi connectivity index (χ3n) is 2.57. The van der Waals surface area contributed by atoms with Crippen molar-refractivity contribution in [3.8, 4) is 5.75 Å². The number of amidine groups is 1. The summed E-state index contributed by atoms with van der Waals surface area (Å²) in [4.78, 5) is 11.0. The maximum atomic E-state index is 12.7. The molecule has 22 heavy (non-hydrogen) atoms. The molecule has 1 aromatic rings. The summed E-state index contributed by atoms with van der Waals surface area (Å²) >= 11 is 1.17. The largest absolute Gasteiger partial charge is 0.493 e. The minimum atomic E-state index is -4.45. The molecule has 1 aromatic carbocycles. The summed E-state index contributed by atoms with van der Waals surface area (Å²) in [6.45, 7) is 2.04. The van der Waals surface area contributed by atoms with E-state index in [1.165, 1.54) is 17.8 Å². The molecule has 5 nitrogen and oxygen atoms in total. The second-order valence-electron chi connectivity index (χ2n) is 4.17. The minimum Gasteiger partial charge on any atom is -0.493 e. The van der Waals surface area contributed by atoms with Gasteiger partial charge in [-0.25, -0.2) is 0 Å². The molecular formula is C13H12F3N3O2S. The first kappa shape index (κ1) is 16.3. The first-order valence-corrected chi connectivity index (χ1v) is 7.26. The topological polar surface area (TPSA) is 63.1 Å². The zero-order chi connectivity index (χ0) is 16.2. The molecule has 1 amide bonds. The van der Waals surface area contributed by atoms with Gasteiger partial charge in [0.05, 0.1) is 24.1 Å². The third-order valence-corrected chi connectivity index (χ3v) is 3.43. The van der Waals surface area contributed by atoms with E-state index in [0.29, 0.717) is 11.8 Å². The molecule has 1 heterocycles. The van der Waals surface area contributed by atoms with Gasteiger partial charge in [-0.15, -0.1) is 5.10 Å². The van der Waals surface area contributed by atoms with Crippen molar-refractivity contribution in [2.75, 3.05) is 12.4 Å². The van der Waals surface area contributed by atoms with Crippen LogP contribution in [0.15, 0.2) is 28.4 Å². The SMILES string of the molecule is CCOc1ccc(C(F)(F)F)cc1C=NN=C1NC(=O)CS1. The van der Waals surface area contributed by atoms with Crippen LogP contribution < -0.4 is 10.1 Å². The molecule has 0 spiro atoms. The highest BCUT2D eigenvalue weighted by molar-refractivity contribution is 8.15. The maximum absolute atomic E-state index is 12.7. The van der Waals surface area contributed by atoms with Crippen molar-refractivity contribution in [2.24, 2.45) is 10.2 Å². The summed E-state index contributed by atoms with van der Waals surface area (Å²) in [7, 11) is 0. The summed E-state index contributed by atoms with van der Waals surface area (Å²) in [5.41, 5.74) is -0.635. The Bertz CT molecular complexity index is 629. The fourth-order valence-corrected chi connectivity index (χ4v) is 2.27. The van der Waals surface area contributed by atoms with Crippen molar-refractivity contribution in [2.45, 2.75) is 13.1 Å². The average molecular weight is 331 g/mol. The van der Waals surface area contributed by atoms with Crippen molar-refractivity contribution in [3.05, 3.63) is 29.3 Å². The number of benzene rings is 1. The quantitative estimate of drug-likeness (QED) is 0.681. The van der Waals surface area contributed by atoms with Gasteiger partial charge in [-0.3, -0.25) is 4.79 Å². The number of hydrogen-bond donors (Lipinski definition) is 1. The van der Waals surface area contributed by atoms with Crippen molar-refractivity contribution < 1.29 is 22.7 Å². The summed E-state index contributed by atoms with van der Waals surface area (Å²) in [5, 5.41) is 10.2. The molecule has 0 aliphatic carbocycles. The Hall–Kier alpha value is -2.03. The van der Waals surface area contributed by atoms with Gasteiger partial charge >= 0.3 is 6.18 Å². The fourth-order valence-electron chi connectivity index (χ4n) is 1.64. The Morgan fingerprint density at radius 2 is 2.23 bits per heavy atom. The molecule has 1 saturated heterocycles. The Morgan fingerprint density at radius 1 is 1.45 bits per heavy atom. The first-order chi connectivity index (χ1) is 10.4. The lowest BCUT2D eigenvalue weighted by Crippen LogP contribution is -2.19. The van der Waals surface area contributed by atoms with E-state index in [4.69, 9.17) is 4.74 Å². The number of amides is 1. The second kappa shape index (κ2) is 6.82. The smallest absolute Gasteiger partial charge is 0.416 e. The number of carbonyl (C=O) groups is 1. The predicted molar refractivity (Wildman–Crippen MR) is 78.2 cm³/mol.